The van der Waals surface area contributed by atoms with Gasteiger partial charge < -0.3 is 0 Å². The van der Waals surface area contributed by atoms with E-state index in [0.29, 0.717) is 0 Å². The third-order valence-electron chi connectivity index (χ3n) is 2.60. The van der Waals surface area contributed by atoms with Crippen molar-refractivity contribution in [1.82, 2.24) is 5.32 Å². The van der Waals surface area contributed by atoms with Gasteiger partial charge in [0.1, 0.15) is 10.4 Å². The molecule has 0 aliphatic carbocycles. The number of carbonyl (C=O) groups is 2. The monoisotopic (exact) mass is 288 g/mol. The van der Waals surface area contributed by atoms with Crippen LogP contribution in [0.4, 0.5) is 5.69 Å². The number of hydrogen-bond donors (Lipinski definition) is 1. The molecule has 8 heteroatoms. The van der Waals surface area contributed by atoms with E-state index in [1.54, 1.807) is 0 Å². The molecule has 1 aromatic carbocycles. The van der Waals surface area contributed by atoms with Crippen LogP contribution in [0.3, 0.4) is 0 Å². The number of nitrogens with zero attached hydrogens (tertiary/aromatic N) is 1. The van der Waals surface area contributed by atoms with Crippen LogP contribution in [-0.4, -0.2) is 22.1 Å². The Labute approximate surface area is 111 Å². The van der Waals surface area contributed by atoms with Crippen molar-refractivity contribution in [1.29, 1.82) is 0 Å². The van der Waals surface area contributed by atoms with E-state index >= 15 is 0 Å². The summed E-state index contributed by atoms with van der Waals surface area (Å²) in [5.41, 5.74) is -0.0420. The van der Waals surface area contributed by atoms with E-state index in [-0.39, 0.29) is 16.3 Å². The van der Waals surface area contributed by atoms with Crippen LogP contribution < -0.4 is 5.32 Å². The van der Waals surface area contributed by atoms with Crippen molar-refractivity contribution in [3.05, 3.63) is 38.9 Å². The normalized spacial score (nSPS) is 23.0. The summed E-state index contributed by atoms with van der Waals surface area (Å²) in [7, 11) is 0. The van der Waals surface area contributed by atoms with E-state index in [2.05, 4.69) is 5.32 Å². The molecule has 1 N–H and O–H groups in total. The van der Waals surface area contributed by atoms with Crippen molar-refractivity contribution in [3.8, 4) is 0 Å². The number of rotatable bonds is 2. The molecule has 0 saturated carbocycles. The zero-order valence-electron chi connectivity index (χ0n) is 8.72. The zero-order chi connectivity index (χ0) is 13.4. The molecule has 1 aliphatic heterocycles. The highest BCUT2D eigenvalue weighted by molar-refractivity contribution is 6.37. The van der Waals surface area contributed by atoms with Gasteiger partial charge >= 0.3 is 0 Å². The Bertz CT molecular complexity index is 561. The van der Waals surface area contributed by atoms with Crippen LogP contribution in [0.15, 0.2) is 18.2 Å². The molecule has 2 unspecified atom stereocenters. The molecule has 1 aromatic rings. The Morgan fingerprint density at radius 3 is 2.44 bits per heavy atom. The lowest BCUT2D eigenvalue weighted by Gasteiger charge is -2.09. The molecule has 1 heterocycles. The molecule has 0 spiro atoms. The maximum Gasteiger partial charge on any atom is 0.288 e. The van der Waals surface area contributed by atoms with Crippen molar-refractivity contribution < 1.29 is 14.5 Å². The van der Waals surface area contributed by atoms with Gasteiger partial charge in [0.05, 0.1) is 10.8 Å². The lowest BCUT2D eigenvalue weighted by molar-refractivity contribution is -0.384. The third kappa shape index (κ3) is 2.04. The van der Waals surface area contributed by atoms with E-state index in [4.69, 9.17) is 23.2 Å². The largest absolute Gasteiger partial charge is 0.295 e. The molecule has 1 aliphatic rings. The average Bonchev–Trinajstić information content (AvgIpc) is 2.54. The molecule has 1 fully saturated rings. The van der Waals surface area contributed by atoms with Gasteiger partial charge in [0.25, 0.3) is 5.69 Å². The summed E-state index contributed by atoms with van der Waals surface area (Å²) in [6.07, 6.45) is 0. The summed E-state index contributed by atoms with van der Waals surface area (Å²) in [4.78, 5) is 32.8. The van der Waals surface area contributed by atoms with Gasteiger partial charge in [-0.2, -0.15) is 0 Å². The lowest BCUT2D eigenvalue weighted by Crippen LogP contribution is -2.22. The molecule has 94 valence electrons. The number of nitro groups is 1. The molecule has 6 nitrogen and oxygen atoms in total. The summed E-state index contributed by atoms with van der Waals surface area (Å²) in [5, 5.41) is 11.7. The number of alkyl halides is 1. The first kappa shape index (κ1) is 12.8. The van der Waals surface area contributed by atoms with E-state index in [0.717, 1.165) is 6.07 Å². The number of benzene rings is 1. The van der Waals surface area contributed by atoms with Crippen molar-refractivity contribution in [3.63, 3.8) is 0 Å². The van der Waals surface area contributed by atoms with Crippen LogP contribution in [0.25, 0.3) is 0 Å². The van der Waals surface area contributed by atoms with Gasteiger partial charge in [-0.15, -0.1) is 11.6 Å². The van der Waals surface area contributed by atoms with E-state index < -0.39 is 28.0 Å². The van der Waals surface area contributed by atoms with Crippen LogP contribution in [0.1, 0.15) is 11.5 Å². The number of amides is 2. The summed E-state index contributed by atoms with van der Waals surface area (Å²) in [5.74, 6) is -2.11. The van der Waals surface area contributed by atoms with Crippen LogP contribution in [0.5, 0.6) is 0 Å². The summed E-state index contributed by atoms with van der Waals surface area (Å²) in [6.45, 7) is 0. The first-order chi connectivity index (χ1) is 8.41. The van der Waals surface area contributed by atoms with Gasteiger partial charge in [-0.3, -0.25) is 25.0 Å². The summed E-state index contributed by atoms with van der Waals surface area (Å²) < 4.78 is 0. The standard InChI is InChI=1S/C10H6Cl2N2O4/c11-5-2-1-4(3-6(5)14(17)18)7-8(12)10(16)13-9(7)15/h1-3,7-8H,(H,13,15,16). The van der Waals surface area contributed by atoms with Crippen LogP contribution in [0, 0.1) is 10.1 Å². The minimum atomic E-state index is -1.07. The predicted molar refractivity (Wildman–Crippen MR) is 63.6 cm³/mol. The van der Waals surface area contributed by atoms with E-state index in [1.165, 1.54) is 12.1 Å². The number of imide groups is 1. The van der Waals surface area contributed by atoms with Gasteiger partial charge in [0, 0.05) is 6.07 Å². The fraction of sp³-hybridized carbons (Fsp3) is 0.200. The second-order valence-corrected chi connectivity index (χ2v) is 4.58. The Morgan fingerprint density at radius 2 is 1.94 bits per heavy atom. The van der Waals surface area contributed by atoms with Gasteiger partial charge in [-0.25, -0.2) is 0 Å². The minimum absolute atomic E-state index is 0.0420. The van der Waals surface area contributed by atoms with E-state index in [9.17, 15) is 19.7 Å². The zero-order valence-corrected chi connectivity index (χ0v) is 10.2. The number of nitro benzene ring substituents is 1. The number of halogens is 2. The molecule has 1 saturated heterocycles. The first-order valence-corrected chi connectivity index (χ1v) is 5.66. The number of hydrogen-bond acceptors (Lipinski definition) is 4. The molecule has 0 aromatic heterocycles. The Hall–Kier alpha value is -1.66. The Balaban J connectivity index is 2.46. The summed E-state index contributed by atoms with van der Waals surface area (Å²) >= 11 is 11.5. The van der Waals surface area contributed by atoms with Crippen LogP contribution >= 0.6 is 23.2 Å². The number of carbonyl (C=O) groups excluding carboxylic acids is 2. The summed E-state index contributed by atoms with van der Waals surface area (Å²) in [6, 6.07) is 3.89. The van der Waals surface area contributed by atoms with Crippen LogP contribution in [0.2, 0.25) is 5.02 Å². The molecular formula is C10H6Cl2N2O4. The van der Waals surface area contributed by atoms with Crippen molar-refractivity contribution >= 4 is 40.7 Å². The van der Waals surface area contributed by atoms with Crippen LogP contribution in [-0.2, 0) is 9.59 Å². The van der Waals surface area contributed by atoms with Crippen molar-refractivity contribution in [2.45, 2.75) is 11.3 Å². The van der Waals surface area contributed by atoms with Gasteiger partial charge in [0.2, 0.25) is 11.8 Å². The fourth-order valence-corrected chi connectivity index (χ4v) is 2.24. The van der Waals surface area contributed by atoms with Crippen molar-refractivity contribution in [2.24, 2.45) is 0 Å². The average molecular weight is 289 g/mol. The SMILES string of the molecule is O=C1NC(=O)C(c2ccc(Cl)c([N+](=O)[O-])c2)C1Cl. The van der Waals surface area contributed by atoms with E-state index in [1.807, 2.05) is 0 Å². The van der Waals surface area contributed by atoms with Crippen molar-refractivity contribution in [2.75, 3.05) is 0 Å². The fourth-order valence-electron chi connectivity index (χ4n) is 1.74. The molecule has 0 radical (unpaired) electrons. The quantitative estimate of drug-likeness (QED) is 0.387. The Morgan fingerprint density at radius 1 is 1.28 bits per heavy atom. The van der Waals surface area contributed by atoms with Gasteiger partial charge in [-0.05, 0) is 11.6 Å². The maximum absolute atomic E-state index is 11.5. The van der Waals surface area contributed by atoms with Gasteiger partial charge in [-0.1, -0.05) is 17.7 Å². The Kier molecular flexibility index (Phi) is 3.23. The second-order valence-electron chi connectivity index (χ2n) is 3.70. The predicted octanol–water partition coefficient (Wildman–Crippen LogP) is 1.60. The first-order valence-electron chi connectivity index (χ1n) is 4.84. The molecule has 2 atom stereocenters. The van der Waals surface area contributed by atoms with Gasteiger partial charge in [0.15, 0.2) is 0 Å². The number of nitrogens with one attached hydrogen (secondary N) is 1. The maximum atomic E-state index is 11.5. The molecular weight excluding hydrogens is 283 g/mol. The topological polar surface area (TPSA) is 89.3 Å². The minimum Gasteiger partial charge on any atom is -0.295 e. The molecule has 2 rings (SSSR count). The molecule has 18 heavy (non-hydrogen) atoms. The third-order valence-corrected chi connectivity index (χ3v) is 3.37. The molecule has 2 amide bonds. The highest BCUT2D eigenvalue weighted by atomic mass is 35.5. The smallest absolute Gasteiger partial charge is 0.288 e. The second kappa shape index (κ2) is 4.55. The lowest BCUT2D eigenvalue weighted by atomic mass is 9.97. The molecule has 0 bridgehead atoms. The highest BCUT2D eigenvalue weighted by Crippen LogP contribution is 2.33. The highest BCUT2D eigenvalue weighted by Gasteiger charge is 2.41.